The lowest BCUT2D eigenvalue weighted by Crippen LogP contribution is -2.67. The van der Waals surface area contributed by atoms with Crippen LogP contribution in [0.2, 0.25) is 0 Å². The Kier molecular flexibility index (Phi) is 8.92. The first-order valence-electron chi connectivity index (χ1n) is 17.6. The second-order valence-corrected chi connectivity index (χ2v) is 17.1. The SMILES string of the molecule is C=C(C)[C@@H]1CC[C@]2(C(=O)NCCCCC(=O)NCC(=O)O)CC[C@]3(C)[C@H](CC[C@@H]4[C@@]5(C)CC[C@H](O)C(C)(C)[C@@H]5CC[C@]43C)[C@@H]12. The molecule has 0 aromatic carbocycles. The molecule has 0 bridgehead atoms. The molecule has 5 fully saturated rings. The normalized spacial score (nSPS) is 43.9. The molecule has 44 heavy (non-hydrogen) atoms. The average Bonchev–Trinajstić information content (AvgIpc) is 3.35. The predicted molar refractivity (Wildman–Crippen MR) is 172 cm³/mol. The highest BCUT2D eigenvalue weighted by atomic mass is 16.4. The largest absolute Gasteiger partial charge is 0.480 e. The average molecular weight is 613 g/mol. The van der Waals surface area contributed by atoms with Gasteiger partial charge in [-0.05, 0) is 135 Å². The van der Waals surface area contributed by atoms with Crippen molar-refractivity contribution in [1.82, 2.24) is 10.6 Å². The molecule has 5 saturated carbocycles. The van der Waals surface area contributed by atoms with Crippen LogP contribution >= 0.6 is 0 Å². The number of unbranched alkanes of at least 4 members (excludes halogenated alkanes) is 1. The molecule has 0 aromatic rings. The van der Waals surface area contributed by atoms with Crippen molar-refractivity contribution in [2.75, 3.05) is 13.1 Å². The fourth-order valence-electron chi connectivity index (χ4n) is 12.6. The molecule has 7 heteroatoms. The smallest absolute Gasteiger partial charge is 0.322 e. The van der Waals surface area contributed by atoms with Crippen LogP contribution in [0.25, 0.3) is 0 Å². The Morgan fingerprint density at radius 1 is 0.818 bits per heavy atom. The van der Waals surface area contributed by atoms with Gasteiger partial charge in [0.2, 0.25) is 11.8 Å². The molecule has 0 aliphatic heterocycles. The van der Waals surface area contributed by atoms with Gasteiger partial charge in [0.15, 0.2) is 0 Å². The van der Waals surface area contributed by atoms with Crippen molar-refractivity contribution in [3.63, 3.8) is 0 Å². The summed E-state index contributed by atoms with van der Waals surface area (Å²) in [5, 5.41) is 25.5. The Bertz CT molecular complexity index is 1170. The van der Waals surface area contributed by atoms with E-state index in [1.807, 2.05) is 0 Å². The number of allylic oxidation sites excluding steroid dienone is 1. The zero-order valence-electron chi connectivity index (χ0n) is 28.4. The topological polar surface area (TPSA) is 116 Å². The Morgan fingerprint density at radius 3 is 2.23 bits per heavy atom. The van der Waals surface area contributed by atoms with Gasteiger partial charge in [-0.15, -0.1) is 0 Å². The number of carbonyl (C=O) groups is 3. The third-order valence-corrected chi connectivity index (χ3v) is 15.1. The number of aliphatic carboxylic acids is 1. The van der Waals surface area contributed by atoms with E-state index in [1.54, 1.807) is 0 Å². The zero-order chi connectivity index (χ0) is 32.3. The number of rotatable bonds is 9. The van der Waals surface area contributed by atoms with Crippen molar-refractivity contribution >= 4 is 17.8 Å². The van der Waals surface area contributed by atoms with Gasteiger partial charge in [-0.2, -0.15) is 0 Å². The molecule has 0 aromatic heterocycles. The van der Waals surface area contributed by atoms with Crippen LogP contribution in [0.3, 0.4) is 0 Å². The molecule has 0 saturated heterocycles. The minimum absolute atomic E-state index is 0.0509. The minimum Gasteiger partial charge on any atom is -0.480 e. The molecule has 4 N–H and O–H groups in total. The number of aliphatic hydroxyl groups is 1. The van der Waals surface area contributed by atoms with E-state index in [0.717, 1.165) is 38.5 Å². The maximum Gasteiger partial charge on any atom is 0.322 e. The molecule has 5 aliphatic carbocycles. The summed E-state index contributed by atoms with van der Waals surface area (Å²) < 4.78 is 0. The summed E-state index contributed by atoms with van der Waals surface area (Å²) in [5.41, 5.74) is 1.44. The van der Waals surface area contributed by atoms with Crippen molar-refractivity contribution in [2.45, 2.75) is 131 Å². The number of aliphatic hydroxyl groups excluding tert-OH is 1. The van der Waals surface area contributed by atoms with Crippen LogP contribution in [0.1, 0.15) is 125 Å². The van der Waals surface area contributed by atoms with Crippen molar-refractivity contribution < 1.29 is 24.6 Å². The second-order valence-electron chi connectivity index (χ2n) is 17.1. The summed E-state index contributed by atoms with van der Waals surface area (Å²) in [4.78, 5) is 36.8. The highest BCUT2D eigenvalue weighted by Gasteiger charge is 2.71. The molecule has 0 heterocycles. The fourth-order valence-corrected chi connectivity index (χ4v) is 12.6. The second kappa shape index (κ2) is 11.7. The van der Waals surface area contributed by atoms with Gasteiger partial charge in [0.25, 0.3) is 0 Å². The van der Waals surface area contributed by atoms with Crippen molar-refractivity contribution in [2.24, 2.45) is 56.7 Å². The Hall–Kier alpha value is -1.89. The number of hydrogen-bond donors (Lipinski definition) is 4. The van der Waals surface area contributed by atoms with Gasteiger partial charge in [-0.1, -0.05) is 46.8 Å². The van der Waals surface area contributed by atoms with Crippen LogP contribution in [-0.4, -0.2) is 47.2 Å². The number of carbonyl (C=O) groups excluding carboxylic acids is 2. The standard InChI is InChI=1S/C37H60N2O5/c1-23(2)24-13-18-37(32(44)38-21-9-8-10-29(41)39-22-30(42)43)20-19-35(6)25(31(24)37)11-12-27-34(5)16-15-28(40)33(3,4)26(34)14-17-36(27,35)7/h24-28,31,40H,1,8-22H2,2-7H3,(H,38,44)(H,39,41)(H,42,43)/t24-,25+,26-,27+,28-,31+,34-,35+,36+,37-/m0/s1. The first-order chi connectivity index (χ1) is 20.5. The number of carboxylic acids is 1. The van der Waals surface area contributed by atoms with Crippen LogP contribution in [0, 0.1) is 56.7 Å². The Morgan fingerprint density at radius 2 is 1.55 bits per heavy atom. The number of amides is 2. The Labute approximate surface area is 265 Å². The summed E-state index contributed by atoms with van der Waals surface area (Å²) in [6, 6.07) is 0. The lowest BCUT2D eigenvalue weighted by atomic mass is 9.32. The minimum atomic E-state index is -1.05. The molecular weight excluding hydrogens is 552 g/mol. The maximum atomic E-state index is 14.2. The van der Waals surface area contributed by atoms with Gasteiger partial charge in [0.05, 0.1) is 11.5 Å². The van der Waals surface area contributed by atoms with Gasteiger partial charge in [-0.3, -0.25) is 14.4 Å². The van der Waals surface area contributed by atoms with Gasteiger partial charge in [0.1, 0.15) is 6.54 Å². The van der Waals surface area contributed by atoms with Crippen LogP contribution in [0.5, 0.6) is 0 Å². The van der Waals surface area contributed by atoms with Crippen LogP contribution in [0.15, 0.2) is 12.2 Å². The first-order valence-corrected chi connectivity index (χ1v) is 17.6. The highest BCUT2D eigenvalue weighted by Crippen LogP contribution is 2.77. The van der Waals surface area contributed by atoms with E-state index in [4.69, 9.17) is 5.11 Å². The number of carboxylic acid groups (broad SMARTS) is 1. The molecule has 5 rings (SSSR count). The summed E-state index contributed by atoms with van der Waals surface area (Å²) in [5.74, 6) is 1.26. The maximum absolute atomic E-state index is 14.2. The van der Waals surface area contributed by atoms with E-state index < -0.39 is 5.97 Å². The Balaban J connectivity index is 1.34. The summed E-state index contributed by atoms with van der Waals surface area (Å²) in [7, 11) is 0. The van der Waals surface area contributed by atoms with Gasteiger partial charge in [-0.25, -0.2) is 0 Å². The van der Waals surface area contributed by atoms with E-state index in [2.05, 4.69) is 58.8 Å². The van der Waals surface area contributed by atoms with Crippen LogP contribution in [0.4, 0.5) is 0 Å². The number of hydrogen-bond acceptors (Lipinski definition) is 4. The quantitative estimate of drug-likeness (QED) is 0.175. The van der Waals surface area contributed by atoms with E-state index in [9.17, 15) is 19.5 Å². The van der Waals surface area contributed by atoms with Crippen molar-refractivity contribution in [1.29, 1.82) is 0 Å². The summed E-state index contributed by atoms with van der Waals surface area (Å²) in [6.45, 7) is 19.2. The van der Waals surface area contributed by atoms with Gasteiger partial charge >= 0.3 is 5.97 Å². The third-order valence-electron chi connectivity index (χ3n) is 15.1. The van der Waals surface area contributed by atoms with Crippen molar-refractivity contribution in [3.05, 3.63) is 12.2 Å². The van der Waals surface area contributed by atoms with E-state index in [0.29, 0.717) is 49.0 Å². The van der Waals surface area contributed by atoms with E-state index in [-0.39, 0.29) is 58.0 Å². The molecule has 0 unspecified atom stereocenters. The van der Waals surface area contributed by atoms with E-state index >= 15 is 0 Å². The molecule has 7 nitrogen and oxygen atoms in total. The number of fused-ring (bicyclic) bond motifs is 7. The van der Waals surface area contributed by atoms with E-state index in [1.165, 1.54) is 31.3 Å². The predicted octanol–water partition coefficient (Wildman–Crippen LogP) is 6.49. The first kappa shape index (κ1) is 33.5. The van der Waals surface area contributed by atoms with Gasteiger partial charge in [0, 0.05) is 13.0 Å². The molecule has 5 aliphatic rings. The van der Waals surface area contributed by atoms with Gasteiger partial charge < -0.3 is 20.8 Å². The molecule has 0 radical (unpaired) electrons. The lowest BCUT2D eigenvalue weighted by molar-refractivity contribution is -0.246. The van der Waals surface area contributed by atoms with Crippen LogP contribution < -0.4 is 10.6 Å². The highest BCUT2D eigenvalue weighted by molar-refractivity contribution is 5.84. The monoisotopic (exact) mass is 612 g/mol. The molecule has 2 amide bonds. The summed E-state index contributed by atoms with van der Waals surface area (Å²) in [6.07, 6.45) is 12.2. The lowest BCUT2D eigenvalue weighted by Gasteiger charge is -2.72. The molecule has 248 valence electrons. The number of nitrogens with one attached hydrogen (secondary N) is 2. The molecule has 10 atom stereocenters. The van der Waals surface area contributed by atoms with Crippen LogP contribution in [-0.2, 0) is 14.4 Å². The molecular formula is C37H60N2O5. The summed E-state index contributed by atoms with van der Waals surface area (Å²) >= 11 is 0. The molecule has 0 spiro atoms. The zero-order valence-corrected chi connectivity index (χ0v) is 28.4. The fraction of sp³-hybridized carbons (Fsp3) is 0.865. The van der Waals surface area contributed by atoms with Crippen molar-refractivity contribution in [3.8, 4) is 0 Å². The third kappa shape index (κ3) is 5.06.